The van der Waals surface area contributed by atoms with Crippen molar-refractivity contribution >= 4 is 58.9 Å². The molecule has 2 aliphatic heterocycles. The van der Waals surface area contributed by atoms with Gasteiger partial charge < -0.3 is 9.97 Å². The highest BCUT2D eigenvalue weighted by atomic mass is 16.1. The van der Waals surface area contributed by atoms with Gasteiger partial charge in [0.15, 0.2) is 6.29 Å². The maximum absolute atomic E-state index is 12.4. The van der Waals surface area contributed by atoms with Gasteiger partial charge in [0.25, 0.3) is 0 Å². The van der Waals surface area contributed by atoms with E-state index in [1.807, 2.05) is 97.1 Å². The summed E-state index contributed by atoms with van der Waals surface area (Å²) in [7, 11) is 0. The molecule has 3 aromatic heterocycles. The first kappa shape index (κ1) is 27.2. The smallest absolute Gasteiger partial charge is 0.154 e. The van der Waals surface area contributed by atoms with Crippen molar-refractivity contribution in [3.8, 4) is 33.4 Å². The summed E-state index contributed by atoms with van der Waals surface area (Å²) < 4.78 is 0. The molecule has 0 spiro atoms. The fourth-order valence-corrected chi connectivity index (χ4v) is 6.20. The van der Waals surface area contributed by atoms with E-state index in [1.165, 1.54) is 0 Å². The third-order valence-corrected chi connectivity index (χ3v) is 8.30. The van der Waals surface area contributed by atoms with Crippen molar-refractivity contribution in [3.05, 3.63) is 143 Å². The number of nitrogens with zero attached hydrogens (tertiary/aromatic N) is 2. The summed E-state index contributed by atoms with van der Waals surface area (Å²) in [6.45, 7) is 0. The highest BCUT2D eigenvalue weighted by molar-refractivity contribution is 6.02. The molecule has 6 aromatic rings. The molecule has 8 rings (SSSR count). The number of benzene rings is 3. The average molecular weight is 595 g/mol. The van der Waals surface area contributed by atoms with Gasteiger partial charge in [0, 0.05) is 33.3 Å². The average Bonchev–Trinajstić information content (AvgIpc) is 3.92. The van der Waals surface area contributed by atoms with E-state index in [9.17, 15) is 9.59 Å². The lowest BCUT2D eigenvalue weighted by molar-refractivity contribution is 0.111. The Morgan fingerprint density at radius 1 is 0.522 bits per heavy atom. The molecule has 0 atom stereocenters. The van der Waals surface area contributed by atoms with Crippen molar-refractivity contribution in [2.24, 2.45) is 0 Å². The van der Waals surface area contributed by atoms with E-state index in [-0.39, 0.29) is 0 Å². The van der Waals surface area contributed by atoms with Crippen LogP contribution in [0.2, 0.25) is 0 Å². The van der Waals surface area contributed by atoms with E-state index < -0.39 is 0 Å². The number of aldehydes is 2. The van der Waals surface area contributed by atoms with E-state index in [0.29, 0.717) is 28.0 Å². The van der Waals surface area contributed by atoms with Gasteiger partial charge in [-0.1, -0.05) is 78.9 Å². The fraction of sp³-hybridized carbons (Fsp3) is 0. The lowest BCUT2D eigenvalue weighted by Crippen LogP contribution is -1.89. The van der Waals surface area contributed by atoms with E-state index in [4.69, 9.17) is 9.97 Å². The zero-order valence-electron chi connectivity index (χ0n) is 24.6. The second-order valence-electron chi connectivity index (χ2n) is 11.2. The molecule has 6 heteroatoms. The number of rotatable bonds is 5. The van der Waals surface area contributed by atoms with Crippen LogP contribution in [0, 0.1) is 0 Å². The Balaban J connectivity index is 1.58. The first-order chi connectivity index (χ1) is 22.7. The molecular weight excluding hydrogens is 568 g/mol. The van der Waals surface area contributed by atoms with Crippen LogP contribution in [-0.4, -0.2) is 32.5 Å². The Morgan fingerprint density at radius 2 is 1.20 bits per heavy atom. The molecule has 0 radical (unpaired) electrons. The summed E-state index contributed by atoms with van der Waals surface area (Å²) in [4.78, 5) is 41.4. The second kappa shape index (κ2) is 11.3. The minimum Gasteiger partial charge on any atom is -0.354 e. The highest BCUT2D eigenvalue weighted by Crippen LogP contribution is 2.38. The van der Waals surface area contributed by atoms with Gasteiger partial charge >= 0.3 is 0 Å². The quantitative estimate of drug-likeness (QED) is 0.194. The number of aromatic amines is 2. The summed E-state index contributed by atoms with van der Waals surface area (Å²) in [6, 6.07) is 35.9. The van der Waals surface area contributed by atoms with Crippen LogP contribution in [0.1, 0.15) is 43.5 Å². The number of carbonyl (C=O) groups excluding carboxylic acids is 2. The minimum atomic E-state index is 0.472. The van der Waals surface area contributed by atoms with Gasteiger partial charge in [-0.2, -0.15) is 0 Å². The summed E-state index contributed by atoms with van der Waals surface area (Å²) in [5.41, 5.74) is 12.8. The van der Waals surface area contributed by atoms with Gasteiger partial charge in [-0.05, 0) is 71.3 Å². The van der Waals surface area contributed by atoms with E-state index in [2.05, 4.69) is 40.3 Å². The molecular formula is C40H26N4O2. The van der Waals surface area contributed by atoms with Gasteiger partial charge in [-0.25, -0.2) is 9.97 Å². The Bertz CT molecular complexity index is 2400. The molecule has 6 nitrogen and oxygen atoms in total. The molecule has 0 saturated heterocycles. The van der Waals surface area contributed by atoms with E-state index >= 15 is 0 Å². The first-order valence-corrected chi connectivity index (χ1v) is 15.0. The van der Waals surface area contributed by atoms with Crippen molar-refractivity contribution in [3.63, 3.8) is 0 Å². The zero-order valence-corrected chi connectivity index (χ0v) is 24.6. The van der Waals surface area contributed by atoms with Crippen LogP contribution in [-0.2, 0) is 0 Å². The summed E-state index contributed by atoms with van der Waals surface area (Å²) >= 11 is 0. The van der Waals surface area contributed by atoms with Crippen LogP contribution in [0.25, 0.3) is 79.8 Å². The molecule has 3 aromatic carbocycles. The van der Waals surface area contributed by atoms with E-state index in [0.717, 1.165) is 73.9 Å². The largest absolute Gasteiger partial charge is 0.354 e. The monoisotopic (exact) mass is 594 g/mol. The summed E-state index contributed by atoms with van der Waals surface area (Å²) in [5, 5.41) is 0. The molecule has 0 fully saturated rings. The second-order valence-corrected chi connectivity index (χ2v) is 11.2. The topological polar surface area (TPSA) is 91.5 Å². The maximum atomic E-state index is 12.4. The standard InChI is InChI=1S/C40H26N4O2/c45-23-25-8-7-13-28(20-25)31-22-30-21-29-14-15-33(41-29)32(24-46)34-16-17-35(43-34)38(26-9-3-1-4-10-26)36-18-19-37(44-36)39(40(31)42-30)27-11-5-2-6-12-27/h1-24,42-43H. The van der Waals surface area contributed by atoms with Crippen molar-refractivity contribution in [2.75, 3.05) is 0 Å². The lowest BCUT2D eigenvalue weighted by Gasteiger charge is -2.08. The Hall–Kier alpha value is -6.40. The van der Waals surface area contributed by atoms with Crippen molar-refractivity contribution < 1.29 is 9.59 Å². The normalized spacial score (nSPS) is 11.9. The third-order valence-electron chi connectivity index (χ3n) is 8.30. The molecule has 218 valence electrons. The van der Waals surface area contributed by atoms with Crippen LogP contribution in [0.15, 0.2) is 109 Å². The predicted octanol–water partition coefficient (Wildman–Crippen LogP) is 9.28. The van der Waals surface area contributed by atoms with Crippen LogP contribution >= 0.6 is 0 Å². The third kappa shape index (κ3) is 4.78. The first-order valence-electron chi connectivity index (χ1n) is 15.0. The molecule has 8 bridgehead atoms. The van der Waals surface area contributed by atoms with Crippen LogP contribution in [0.3, 0.4) is 0 Å². The van der Waals surface area contributed by atoms with Gasteiger partial charge in [0.05, 0.1) is 39.4 Å². The Kier molecular flexibility index (Phi) is 6.65. The number of hydrogen-bond acceptors (Lipinski definition) is 4. The maximum Gasteiger partial charge on any atom is 0.154 e. The highest BCUT2D eigenvalue weighted by Gasteiger charge is 2.18. The summed E-state index contributed by atoms with van der Waals surface area (Å²) in [6.07, 6.45) is 9.56. The molecule has 46 heavy (non-hydrogen) atoms. The van der Waals surface area contributed by atoms with Crippen LogP contribution in [0.5, 0.6) is 0 Å². The van der Waals surface area contributed by atoms with Crippen LogP contribution < -0.4 is 0 Å². The van der Waals surface area contributed by atoms with Crippen LogP contribution in [0.4, 0.5) is 0 Å². The fourth-order valence-electron chi connectivity index (χ4n) is 6.20. The number of fused-ring (bicyclic) bond motifs is 8. The number of H-pyrrole nitrogens is 2. The predicted molar refractivity (Wildman–Crippen MR) is 186 cm³/mol. The zero-order chi connectivity index (χ0) is 31.0. The number of nitrogens with one attached hydrogen (secondary N) is 2. The number of carbonyl (C=O) groups is 2. The molecule has 0 unspecified atom stereocenters. The molecule has 0 amide bonds. The Labute approximate surface area is 264 Å². The number of hydrogen-bond donors (Lipinski definition) is 2. The molecule has 2 aliphatic rings. The molecule has 0 aliphatic carbocycles. The molecule has 0 saturated carbocycles. The lowest BCUT2D eigenvalue weighted by atomic mass is 9.98. The SMILES string of the molecule is O=Cc1cccc(-c2cc3cc4nc(c(C=O)c5ccc([nH]5)c(-c5ccccc5)c5nc(c(-c6ccccc6)c2[nH]3)C=C5)C=C4)c1. The number of aromatic nitrogens is 4. The van der Waals surface area contributed by atoms with Gasteiger partial charge in [0.1, 0.15) is 6.29 Å². The van der Waals surface area contributed by atoms with Gasteiger partial charge in [-0.3, -0.25) is 9.59 Å². The molecule has 5 heterocycles. The van der Waals surface area contributed by atoms with Gasteiger partial charge in [0.2, 0.25) is 0 Å². The minimum absolute atomic E-state index is 0.472. The van der Waals surface area contributed by atoms with Gasteiger partial charge in [-0.15, -0.1) is 0 Å². The van der Waals surface area contributed by atoms with Crippen molar-refractivity contribution in [1.29, 1.82) is 0 Å². The Morgan fingerprint density at radius 3 is 1.93 bits per heavy atom. The molecule has 2 N–H and O–H groups in total. The van der Waals surface area contributed by atoms with Crippen molar-refractivity contribution in [1.82, 2.24) is 19.9 Å². The summed E-state index contributed by atoms with van der Waals surface area (Å²) in [5.74, 6) is 0. The van der Waals surface area contributed by atoms with E-state index in [1.54, 1.807) is 6.07 Å². The van der Waals surface area contributed by atoms with Crippen molar-refractivity contribution in [2.45, 2.75) is 0 Å².